The van der Waals surface area contributed by atoms with Gasteiger partial charge in [0.05, 0.1) is 25.3 Å². The fourth-order valence-corrected chi connectivity index (χ4v) is 6.68. The van der Waals surface area contributed by atoms with E-state index in [0.717, 1.165) is 11.1 Å². The van der Waals surface area contributed by atoms with Crippen molar-refractivity contribution in [1.82, 2.24) is 5.32 Å². The Morgan fingerprint density at radius 1 is 1.29 bits per heavy atom. The molecule has 4 bridgehead atoms. The summed E-state index contributed by atoms with van der Waals surface area (Å²) in [7, 11) is 4.54. The molecule has 1 aromatic rings. The predicted octanol–water partition coefficient (Wildman–Crippen LogP) is 4.39. The highest BCUT2D eigenvalue weighted by Gasteiger charge is 2.64. The molecule has 3 aliphatic heterocycles. The van der Waals surface area contributed by atoms with Crippen LogP contribution in [-0.2, 0) is 39.7 Å². The molecule has 0 aliphatic carbocycles. The molecule has 0 radical (unpaired) electrons. The number of nitrogens with zero attached hydrogens (tertiary/aromatic N) is 1. The lowest BCUT2D eigenvalue weighted by Crippen LogP contribution is -2.63. The number of anilines is 1. The van der Waals surface area contributed by atoms with E-state index >= 15 is 0 Å². The summed E-state index contributed by atoms with van der Waals surface area (Å²) >= 11 is 10.9. The first-order chi connectivity index (χ1) is 22.7. The van der Waals surface area contributed by atoms with Gasteiger partial charge in [0.15, 0.2) is 11.8 Å². The molecule has 12 nitrogen and oxygen atoms in total. The number of esters is 1. The largest absolute Gasteiger partial charge is 0.495 e. The van der Waals surface area contributed by atoms with E-state index in [4.69, 9.17) is 40.0 Å². The van der Waals surface area contributed by atoms with Crippen molar-refractivity contribution in [2.75, 3.05) is 38.5 Å². The van der Waals surface area contributed by atoms with Gasteiger partial charge in [0.25, 0.3) is 0 Å². The second-order valence-electron chi connectivity index (χ2n) is 12.8. The van der Waals surface area contributed by atoms with Crippen molar-refractivity contribution in [1.29, 1.82) is 0 Å². The number of nitrogens with one attached hydrogen (secondary N) is 1. The molecule has 48 heavy (non-hydrogen) atoms. The fraction of sp³-hybridized carbons (Fsp3) is 0.618. The highest BCUT2D eigenvalue weighted by molar-refractivity contribution is 7.80. The van der Waals surface area contributed by atoms with Gasteiger partial charge in [0, 0.05) is 33.1 Å². The van der Waals surface area contributed by atoms with E-state index < -0.39 is 59.8 Å². The fourth-order valence-electron chi connectivity index (χ4n) is 6.23. The minimum Gasteiger partial charge on any atom is -0.495 e. The molecule has 0 unspecified atom stereocenters. The normalized spacial score (nSPS) is 33.3. The van der Waals surface area contributed by atoms with Crippen molar-refractivity contribution in [3.63, 3.8) is 0 Å². The molecule has 266 valence electrons. The van der Waals surface area contributed by atoms with Crippen molar-refractivity contribution >= 4 is 47.9 Å². The third kappa shape index (κ3) is 8.48. The van der Waals surface area contributed by atoms with E-state index in [9.17, 15) is 19.5 Å². The average Bonchev–Trinajstić information content (AvgIpc) is 3.73. The number of ether oxygens (including phenoxy) is 6. The molecule has 3 aliphatic rings. The number of methoxy groups -OCH3 is 2. The Kier molecular flexibility index (Phi) is 12.5. The molecular weight excluding hydrogens is 664 g/mol. The van der Waals surface area contributed by atoms with Crippen LogP contribution in [-0.4, -0.2) is 98.5 Å². The van der Waals surface area contributed by atoms with Gasteiger partial charge in [-0.1, -0.05) is 42.3 Å². The summed E-state index contributed by atoms with van der Waals surface area (Å²) in [6.45, 7) is 7.39. The molecule has 2 fully saturated rings. The molecule has 0 saturated carbocycles. The van der Waals surface area contributed by atoms with Gasteiger partial charge in [0.1, 0.15) is 34.7 Å². The van der Waals surface area contributed by atoms with E-state index in [1.807, 2.05) is 26.0 Å². The van der Waals surface area contributed by atoms with Crippen LogP contribution >= 0.6 is 24.2 Å². The number of allylic oxidation sites excluding steroid dienone is 3. The third-order valence-corrected chi connectivity index (χ3v) is 9.91. The van der Waals surface area contributed by atoms with Crippen LogP contribution in [0, 0.1) is 5.92 Å². The first-order valence-corrected chi connectivity index (χ1v) is 17.0. The molecule has 8 atom stereocenters. The number of hydrogen-bond acceptors (Lipinski definition) is 11. The van der Waals surface area contributed by atoms with Crippen LogP contribution in [0.25, 0.3) is 0 Å². The summed E-state index contributed by atoms with van der Waals surface area (Å²) in [5.74, 6) is -0.535. The summed E-state index contributed by atoms with van der Waals surface area (Å²) in [6, 6.07) is 3.62. The minimum atomic E-state index is -1.79. The van der Waals surface area contributed by atoms with Gasteiger partial charge in [-0.05, 0) is 57.1 Å². The zero-order valence-corrected chi connectivity index (χ0v) is 30.1. The van der Waals surface area contributed by atoms with Gasteiger partial charge in [-0.25, -0.2) is 9.59 Å². The Balaban J connectivity index is 1.76. The van der Waals surface area contributed by atoms with Crippen molar-refractivity contribution in [2.24, 2.45) is 5.92 Å². The Labute approximate surface area is 292 Å². The number of epoxide rings is 1. The summed E-state index contributed by atoms with van der Waals surface area (Å²) in [5, 5.41) is 14.4. The second-order valence-corrected chi connectivity index (χ2v) is 13.6. The van der Waals surface area contributed by atoms with Gasteiger partial charge in [-0.15, -0.1) is 0 Å². The Morgan fingerprint density at radius 2 is 2.02 bits per heavy atom. The van der Waals surface area contributed by atoms with Crippen LogP contribution in [0.4, 0.5) is 10.5 Å². The maximum Gasteiger partial charge on any atom is 0.409 e. The van der Waals surface area contributed by atoms with Gasteiger partial charge in [-0.2, -0.15) is 12.6 Å². The van der Waals surface area contributed by atoms with Gasteiger partial charge >= 0.3 is 12.1 Å². The van der Waals surface area contributed by atoms with Crippen LogP contribution in [0.1, 0.15) is 52.5 Å². The van der Waals surface area contributed by atoms with Crippen LogP contribution in [0.2, 0.25) is 5.02 Å². The third-order valence-electron chi connectivity index (χ3n) is 9.21. The summed E-state index contributed by atoms with van der Waals surface area (Å²) < 4.78 is 34.6. The lowest BCUT2D eigenvalue weighted by Gasteiger charge is -2.42. The molecular formula is C34H47ClN2O10S. The maximum atomic E-state index is 14.0. The van der Waals surface area contributed by atoms with E-state index in [-0.39, 0.29) is 23.8 Å². The number of carbonyl (C=O) groups is 3. The lowest BCUT2D eigenvalue weighted by molar-refractivity contribution is -0.165. The molecule has 0 aromatic heterocycles. The summed E-state index contributed by atoms with van der Waals surface area (Å²) in [6.07, 6.45) is 1.06. The SMILES string of the molecule is COc1cc2cc(c1Cl)N(C)C(=O)C[C@H](OC(=O)[C@H](C)OCCCS)[C@]1(C)O[C@H]1[C@H](C)[C@@H]1C[C@@](O)(NC(=O)O1)[C@H](OC)/C=C/C=C(\C)C2. The summed E-state index contributed by atoms with van der Waals surface area (Å²) in [5.41, 5.74) is -0.738. The average molecular weight is 711 g/mol. The first kappa shape index (κ1) is 38.0. The number of thiol groups is 1. The predicted molar refractivity (Wildman–Crippen MR) is 183 cm³/mol. The first-order valence-electron chi connectivity index (χ1n) is 16.0. The van der Waals surface area contributed by atoms with Crippen molar-refractivity contribution in [3.8, 4) is 5.75 Å². The number of amides is 2. The van der Waals surface area contributed by atoms with Crippen molar-refractivity contribution < 1.29 is 47.9 Å². The van der Waals surface area contributed by atoms with E-state index in [1.54, 1.807) is 39.1 Å². The quantitative estimate of drug-likeness (QED) is 0.154. The molecule has 1 aromatic carbocycles. The van der Waals surface area contributed by atoms with Gasteiger partial charge < -0.3 is 38.4 Å². The van der Waals surface area contributed by atoms with Crippen molar-refractivity contribution in [2.45, 2.75) is 95.2 Å². The zero-order valence-electron chi connectivity index (χ0n) is 28.5. The van der Waals surface area contributed by atoms with Crippen LogP contribution < -0.4 is 15.0 Å². The molecule has 0 spiro atoms. The molecule has 4 rings (SSSR count). The number of fused-ring (bicyclic) bond motifs is 5. The van der Waals surface area contributed by atoms with E-state index in [2.05, 4.69) is 17.9 Å². The maximum absolute atomic E-state index is 14.0. The molecule has 14 heteroatoms. The van der Waals surface area contributed by atoms with Crippen LogP contribution in [0.15, 0.2) is 35.9 Å². The Bertz CT molecular complexity index is 1420. The van der Waals surface area contributed by atoms with Crippen LogP contribution in [0.5, 0.6) is 5.75 Å². The van der Waals surface area contributed by atoms with Crippen LogP contribution in [0.3, 0.4) is 0 Å². The minimum absolute atomic E-state index is 0.0202. The monoisotopic (exact) mass is 710 g/mol. The molecule has 2 N–H and O–H groups in total. The van der Waals surface area contributed by atoms with Crippen molar-refractivity contribution in [3.05, 3.63) is 46.5 Å². The Morgan fingerprint density at radius 3 is 2.69 bits per heavy atom. The number of benzene rings is 1. The second kappa shape index (κ2) is 15.8. The number of hydrogen-bond donors (Lipinski definition) is 3. The smallest absolute Gasteiger partial charge is 0.409 e. The zero-order chi connectivity index (χ0) is 35.4. The van der Waals surface area contributed by atoms with Gasteiger partial charge in [0.2, 0.25) is 5.91 Å². The molecule has 2 amide bonds. The van der Waals surface area contributed by atoms with E-state index in [1.165, 1.54) is 19.1 Å². The number of halogens is 1. The summed E-state index contributed by atoms with van der Waals surface area (Å²) in [4.78, 5) is 41.4. The van der Waals surface area contributed by atoms with Gasteiger partial charge in [-0.3, -0.25) is 10.1 Å². The Hall–Kier alpha value is -2.81. The highest BCUT2D eigenvalue weighted by Crippen LogP contribution is 2.49. The number of carbonyl (C=O) groups excluding carboxylic acids is 3. The number of alkyl carbamates (subject to hydrolysis) is 1. The highest BCUT2D eigenvalue weighted by atomic mass is 35.5. The number of aliphatic hydroxyl groups is 1. The standard InChI is InChI=1S/C34H47ClN2O10S/c1-19-10-8-11-26(43-7)34(41)18-25(45-32(40)36-34)20(2)30-33(4,47-30)27(46-31(39)21(3)44-12-9-13-48)17-28(38)37(5)23-15-22(14-19)16-24(42-6)29(23)35/h8,10-11,15-16,20-21,25-27,30,41,48H,9,12-14,17-18H2,1-7H3,(H,36,40)/b11-8+,19-10+/t20-,21+,25+,26-,27+,30+,33+,34+/m1/s1. The molecule has 3 heterocycles. The lowest BCUT2D eigenvalue weighted by atomic mass is 9.83. The number of rotatable bonds is 8. The molecule has 2 saturated heterocycles. The topological polar surface area (TPSA) is 145 Å². The van der Waals surface area contributed by atoms with E-state index in [0.29, 0.717) is 36.6 Å².